The molecule has 0 aromatic rings. The SMILES string of the molecule is C/C=C/[C@H]1CC[C@H]([C@H]2CC[C@H](/C=C/COCCC)CC2)CC1. The monoisotopic (exact) mass is 304 g/mol. The van der Waals surface area contributed by atoms with Crippen LogP contribution in [0.4, 0.5) is 0 Å². The molecule has 0 amide bonds. The predicted molar refractivity (Wildman–Crippen MR) is 96.0 cm³/mol. The van der Waals surface area contributed by atoms with E-state index in [1.807, 2.05) is 0 Å². The van der Waals surface area contributed by atoms with Crippen LogP contribution in [0.15, 0.2) is 24.3 Å². The Balaban J connectivity index is 1.63. The minimum absolute atomic E-state index is 0.808. The maximum absolute atomic E-state index is 5.53. The zero-order valence-electron chi connectivity index (χ0n) is 14.8. The lowest BCUT2D eigenvalue weighted by molar-refractivity contribution is 0.159. The maximum Gasteiger partial charge on any atom is 0.0647 e. The molecule has 126 valence electrons. The van der Waals surface area contributed by atoms with Crippen molar-refractivity contribution in [3.63, 3.8) is 0 Å². The molecule has 0 atom stereocenters. The van der Waals surface area contributed by atoms with Crippen molar-refractivity contribution in [2.45, 2.75) is 71.6 Å². The Morgan fingerprint density at radius 2 is 1.36 bits per heavy atom. The van der Waals surface area contributed by atoms with Crippen molar-refractivity contribution in [3.8, 4) is 0 Å². The normalized spacial score (nSPS) is 33.7. The van der Waals surface area contributed by atoms with Crippen LogP contribution < -0.4 is 0 Å². The first kappa shape index (κ1) is 17.8. The molecule has 1 heteroatoms. The fourth-order valence-electron chi connectivity index (χ4n) is 4.43. The molecule has 2 aliphatic carbocycles. The Morgan fingerprint density at radius 3 is 1.86 bits per heavy atom. The summed E-state index contributed by atoms with van der Waals surface area (Å²) in [7, 11) is 0. The Kier molecular flexibility index (Phi) is 8.30. The third kappa shape index (κ3) is 5.91. The second kappa shape index (κ2) is 10.3. The molecule has 2 aliphatic rings. The summed E-state index contributed by atoms with van der Waals surface area (Å²) in [4.78, 5) is 0. The van der Waals surface area contributed by atoms with Crippen molar-refractivity contribution in [3.05, 3.63) is 24.3 Å². The van der Waals surface area contributed by atoms with Gasteiger partial charge in [0.2, 0.25) is 0 Å². The van der Waals surface area contributed by atoms with E-state index in [1.54, 1.807) is 0 Å². The fourth-order valence-corrected chi connectivity index (χ4v) is 4.43. The molecule has 1 nitrogen and oxygen atoms in total. The summed E-state index contributed by atoms with van der Waals surface area (Å²) in [5, 5.41) is 0. The molecule has 0 N–H and O–H groups in total. The second-order valence-electron chi connectivity index (χ2n) is 7.38. The summed E-state index contributed by atoms with van der Waals surface area (Å²) in [6.45, 7) is 6.03. The van der Waals surface area contributed by atoms with Crippen LogP contribution in [0.3, 0.4) is 0 Å². The largest absolute Gasteiger partial charge is 0.377 e. The maximum atomic E-state index is 5.53. The van der Waals surface area contributed by atoms with Gasteiger partial charge < -0.3 is 4.74 Å². The summed E-state index contributed by atoms with van der Waals surface area (Å²) in [5.41, 5.74) is 0. The highest BCUT2D eigenvalue weighted by molar-refractivity contribution is 4.94. The van der Waals surface area contributed by atoms with E-state index in [9.17, 15) is 0 Å². The van der Waals surface area contributed by atoms with E-state index in [1.165, 1.54) is 51.4 Å². The Bertz CT molecular complexity index is 328. The molecule has 0 aromatic heterocycles. The van der Waals surface area contributed by atoms with Crippen LogP contribution in [-0.4, -0.2) is 13.2 Å². The zero-order valence-corrected chi connectivity index (χ0v) is 14.8. The van der Waals surface area contributed by atoms with Crippen LogP contribution in [0.2, 0.25) is 0 Å². The van der Waals surface area contributed by atoms with Crippen molar-refractivity contribution < 1.29 is 4.74 Å². The van der Waals surface area contributed by atoms with E-state index in [0.29, 0.717) is 0 Å². The van der Waals surface area contributed by atoms with E-state index in [2.05, 4.69) is 38.2 Å². The van der Waals surface area contributed by atoms with Crippen molar-refractivity contribution >= 4 is 0 Å². The van der Waals surface area contributed by atoms with Gasteiger partial charge in [0, 0.05) is 6.61 Å². The second-order valence-corrected chi connectivity index (χ2v) is 7.38. The fraction of sp³-hybridized carbons (Fsp3) is 0.810. The number of rotatable bonds is 7. The average molecular weight is 305 g/mol. The number of hydrogen-bond donors (Lipinski definition) is 0. The van der Waals surface area contributed by atoms with Gasteiger partial charge in [-0.25, -0.2) is 0 Å². The van der Waals surface area contributed by atoms with E-state index >= 15 is 0 Å². The molecule has 2 rings (SSSR count). The Morgan fingerprint density at radius 1 is 0.818 bits per heavy atom. The predicted octanol–water partition coefficient (Wildman–Crippen LogP) is 6.16. The van der Waals surface area contributed by atoms with Gasteiger partial charge in [0.15, 0.2) is 0 Å². The molecule has 0 heterocycles. The molecule has 2 fully saturated rings. The number of allylic oxidation sites excluding steroid dienone is 3. The average Bonchev–Trinajstić information content (AvgIpc) is 2.56. The van der Waals surface area contributed by atoms with Gasteiger partial charge in [-0.2, -0.15) is 0 Å². The van der Waals surface area contributed by atoms with Gasteiger partial charge in [-0.05, 0) is 88.4 Å². The van der Waals surface area contributed by atoms with E-state index in [-0.39, 0.29) is 0 Å². The molecule has 0 unspecified atom stereocenters. The lowest BCUT2D eigenvalue weighted by Gasteiger charge is -2.36. The summed E-state index contributed by atoms with van der Waals surface area (Å²) in [6, 6.07) is 0. The topological polar surface area (TPSA) is 9.23 Å². The van der Waals surface area contributed by atoms with Gasteiger partial charge in [0.25, 0.3) is 0 Å². The van der Waals surface area contributed by atoms with E-state index in [4.69, 9.17) is 4.74 Å². The van der Waals surface area contributed by atoms with Crippen LogP contribution >= 0.6 is 0 Å². The highest BCUT2D eigenvalue weighted by atomic mass is 16.5. The summed E-state index contributed by atoms with van der Waals surface area (Å²) in [6.07, 6.45) is 22.0. The Hall–Kier alpha value is -0.560. The minimum atomic E-state index is 0.808. The van der Waals surface area contributed by atoms with Crippen molar-refractivity contribution in [2.75, 3.05) is 13.2 Å². The molecule has 0 aromatic carbocycles. The zero-order chi connectivity index (χ0) is 15.6. The summed E-state index contributed by atoms with van der Waals surface area (Å²) >= 11 is 0. The third-order valence-corrected chi connectivity index (χ3v) is 5.74. The van der Waals surface area contributed by atoms with Crippen molar-refractivity contribution in [1.29, 1.82) is 0 Å². The molecule has 2 saturated carbocycles. The molecule has 0 spiro atoms. The molecule has 0 aliphatic heterocycles. The molecule has 0 saturated heterocycles. The number of ether oxygens (including phenoxy) is 1. The lowest BCUT2D eigenvalue weighted by Crippen LogP contribution is -2.25. The summed E-state index contributed by atoms with van der Waals surface area (Å²) < 4.78 is 5.53. The molecular formula is C21H36O. The van der Waals surface area contributed by atoms with E-state index in [0.717, 1.165) is 43.3 Å². The molecule has 0 bridgehead atoms. The van der Waals surface area contributed by atoms with Crippen molar-refractivity contribution in [1.82, 2.24) is 0 Å². The number of hydrogen-bond acceptors (Lipinski definition) is 1. The van der Waals surface area contributed by atoms with Gasteiger partial charge in [-0.15, -0.1) is 0 Å². The van der Waals surface area contributed by atoms with Crippen molar-refractivity contribution in [2.24, 2.45) is 23.7 Å². The first-order chi connectivity index (χ1) is 10.8. The highest BCUT2D eigenvalue weighted by Crippen LogP contribution is 2.41. The lowest BCUT2D eigenvalue weighted by atomic mass is 9.69. The standard InChI is InChI=1S/C21H36O/c1-3-6-18-8-12-20(13-9-18)21-14-10-19(11-15-21)7-5-17-22-16-4-2/h3,5-7,18-21H,4,8-17H2,1-2H3/b6-3+,7-5+/t18-,19-,20-,21-. The Labute approximate surface area is 138 Å². The van der Waals surface area contributed by atoms with Crippen LogP contribution in [0, 0.1) is 23.7 Å². The third-order valence-electron chi connectivity index (χ3n) is 5.74. The quantitative estimate of drug-likeness (QED) is 0.404. The van der Waals surface area contributed by atoms with E-state index < -0.39 is 0 Å². The van der Waals surface area contributed by atoms with Crippen LogP contribution in [-0.2, 0) is 4.74 Å². The van der Waals surface area contributed by atoms with Crippen LogP contribution in [0.5, 0.6) is 0 Å². The molecule has 22 heavy (non-hydrogen) atoms. The van der Waals surface area contributed by atoms with Gasteiger partial charge in [-0.1, -0.05) is 31.2 Å². The van der Waals surface area contributed by atoms with Gasteiger partial charge in [0.1, 0.15) is 0 Å². The highest BCUT2D eigenvalue weighted by Gasteiger charge is 2.29. The first-order valence-electron chi connectivity index (χ1n) is 9.70. The van der Waals surface area contributed by atoms with Crippen LogP contribution in [0.1, 0.15) is 71.6 Å². The minimum Gasteiger partial charge on any atom is -0.377 e. The van der Waals surface area contributed by atoms with Gasteiger partial charge >= 0.3 is 0 Å². The molecule has 0 radical (unpaired) electrons. The molecular weight excluding hydrogens is 268 g/mol. The smallest absolute Gasteiger partial charge is 0.0647 e. The van der Waals surface area contributed by atoms with Gasteiger partial charge in [0.05, 0.1) is 6.61 Å². The van der Waals surface area contributed by atoms with Crippen LogP contribution in [0.25, 0.3) is 0 Å². The summed E-state index contributed by atoms with van der Waals surface area (Å²) in [5.74, 6) is 3.75. The van der Waals surface area contributed by atoms with Gasteiger partial charge in [-0.3, -0.25) is 0 Å². The first-order valence-corrected chi connectivity index (χ1v) is 9.70.